The summed E-state index contributed by atoms with van der Waals surface area (Å²) in [4.78, 5) is 28.4. The number of aryl methyl sites for hydroxylation is 1. The highest BCUT2D eigenvalue weighted by Gasteiger charge is 2.21. The first-order valence-corrected chi connectivity index (χ1v) is 9.00. The number of carbonyl (C=O) groups is 1. The molecule has 1 heterocycles. The summed E-state index contributed by atoms with van der Waals surface area (Å²) in [7, 11) is 3.13. The van der Waals surface area contributed by atoms with E-state index in [1.165, 1.54) is 29.5 Å². The highest BCUT2D eigenvalue weighted by atomic mass is 32.1. The third kappa shape index (κ3) is 3.79. The smallest absolute Gasteiger partial charge is 0.282 e. The molecule has 0 atom stereocenters. The number of amides is 1. The Bertz CT molecular complexity index is 1050. The molecule has 0 radical (unpaired) electrons. The average Bonchev–Trinajstić information content (AvgIpc) is 3.07. The van der Waals surface area contributed by atoms with Crippen LogP contribution in [0.25, 0.3) is 11.3 Å². The molecular formula is C19H17N3O5S. The number of nitrogens with zero attached hydrogens (tertiary/aromatic N) is 2. The van der Waals surface area contributed by atoms with E-state index >= 15 is 0 Å². The number of benzene rings is 2. The Kier molecular flexibility index (Phi) is 5.55. The van der Waals surface area contributed by atoms with Crippen molar-refractivity contribution in [2.75, 3.05) is 19.5 Å². The van der Waals surface area contributed by atoms with Crippen molar-refractivity contribution in [2.24, 2.45) is 0 Å². The third-order valence-corrected chi connectivity index (χ3v) is 4.91. The number of aromatic nitrogens is 1. The van der Waals surface area contributed by atoms with Crippen molar-refractivity contribution >= 4 is 28.1 Å². The lowest BCUT2D eigenvalue weighted by Crippen LogP contribution is -2.13. The van der Waals surface area contributed by atoms with Crippen LogP contribution < -0.4 is 14.8 Å². The summed E-state index contributed by atoms with van der Waals surface area (Å²) in [6, 6.07) is 11.1. The zero-order valence-electron chi connectivity index (χ0n) is 15.4. The van der Waals surface area contributed by atoms with Crippen LogP contribution in [0.5, 0.6) is 11.5 Å². The molecule has 1 amide bonds. The number of rotatable bonds is 6. The third-order valence-electron chi connectivity index (χ3n) is 4.02. The predicted octanol–water partition coefficient (Wildman–Crippen LogP) is 4.30. The van der Waals surface area contributed by atoms with Gasteiger partial charge in [-0.05, 0) is 31.2 Å². The molecule has 0 fully saturated rings. The van der Waals surface area contributed by atoms with E-state index in [1.54, 1.807) is 38.5 Å². The number of carbonyl (C=O) groups excluding carboxylic acids is 1. The summed E-state index contributed by atoms with van der Waals surface area (Å²) < 4.78 is 10.7. The highest BCUT2D eigenvalue weighted by Crippen LogP contribution is 2.38. The van der Waals surface area contributed by atoms with Crippen LogP contribution in [0.3, 0.4) is 0 Å². The first kappa shape index (κ1) is 19.3. The molecule has 3 aromatic rings. The largest absolute Gasteiger partial charge is 0.497 e. The van der Waals surface area contributed by atoms with Crippen LogP contribution in [-0.2, 0) is 0 Å². The molecule has 0 spiro atoms. The molecule has 3 rings (SSSR count). The summed E-state index contributed by atoms with van der Waals surface area (Å²) in [5.41, 5.74) is 1.07. The lowest BCUT2D eigenvalue weighted by Gasteiger charge is -2.09. The van der Waals surface area contributed by atoms with Crippen molar-refractivity contribution in [3.05, 3.63) is 63.0 Å². The topological polar surface area (TPSA) is 104 Å². The minimum Gasteiger partial charge on any atom is -0.497 e. The van der Waals surface area contributed by atoms with Gasteiger partial charge < -0.3 is 9.47 Å². The van der Waals surface area contributed by atoms with Crippen molar-refractivity contribution < 1.29 is 19.2 Å². The second-order valence-electron chi connectivity index (χ2n) is 5.72. The highest BCUT2D eigenvalue weighted by molar-refractivity contribution is 7.16. The molecule has 0 aliphatic heterocycles. The Labute approximate surface area is 164 Å². The van der Waals surface area contributed by atoms with Gasteiger partial charge in [-0.15, -0.1) is 11.3 Å². The number of para-hydroxylation sites is 1. The standard InChI is InChI=1S/C19H17N3O5S/c1-11-17(14-10-12(26-2)8-9-16(14)27-3)20-19(28-11)21-18(23)13-6-4-5-7-15(13)22(24)25/h4-10H,1-3H3,(H,20,21,23). The molecular weight excluding hydrogens is 382 g/mol. The fourth-order valence-corrected chi connectivity index (χ4v) is 3.51. The minimum atomic E-state index is -0.592. The summed E-state index contributed by atoms with van der Waals surface area (Å²) in [6.45, 7) is 1.87. The van der Waals surface area contributed by atoms with Crippen LogP contribution in [-0.4, -0.2) is 30.0 Å². The number of hydrogen-bond acceptors (Lipinski definition) is 7. The normalized spacial score (nSPS) is 10.4. The number of nitrogens with one attached hydrogen (secondary N) is 1. The van der Waals surface area contributed by atoms with Gasteiger partial charge in [0.2, 0.25) is 0 Å². The summed E-state index contributed by atoms with van der Waals surface area (Å²) >= 11 is 1.27. The van der Waals surface area contributed by atoms with E-state index < -0.39 is 10.8 Å². The quantitative estimate of drug-likeness (QED) is 0.490. The Hall–Kier alpha value is -3.46. The van der Waals surface area contributed by atoms with Gasteiger partial charge in [0.05, 0.1) is 24.8 Å². The predicted molar refractivity (Wildman–Crippen MR) is 106 cm³/mol. The second kappa shape index (κ2) is 8.05. The number of anilines is 1. The van der Waals surface area contributed by atoms with Gasteiger partial charge >= 0.3 is 0 Å². The van der Waals surface area contributed by atoms with Crippen molar-refractivity contribution in [1.82, 2.24) is 4.98 Å². The van der Waals surface area contributed by atoms with Gasteiger partial charge in [0.1, 0.15) is 17.1 Å². The molecule has 1 aromatic heterocycles. The first-order valence-electron chi connectivity index (χ1n) is 8.19. The van der Waals surface area contributed by atoms with E-state index in [4.69, 9.17) is 9.47 Å². The summed E-state index contributed by atoms with van der Waals surface area (Å²) in [5, 5.41) is 14.1. The van der Waals surface area contributed by atoms with E-state index in [0.717, 1.165) is 10.4 Å². The SMILES string of the molecule is COc1ccc(OC)c(-c2nc(NC(=O)c3ccccc3[N+](=O)[O-])sc2C)c1. The molecule has 2 aromatic carbocycles. The maximum Gasteiger partial charge on any atom is 0.282 e. The van der Waals surface area contributed by atoms with Crippen molar-refractivity contribution in [3.8, 4) is 22.8 Å². The van der Waals surface area contributed by atoms with Crippen LogP contribution in [0.4, 0.5) is 10.8 Å². The molecule has 0 saturated heterocycles. The van der Waals surface area contributed by atoms with Gasteiger partial charge in [-0.25, -0.2) is 4.98 Å². The Morgan fingerprint density at radius 1 is 1.18 bits per heavy atom. The lowest BCUT2D eigenvalue weighted by atomic mass is 10.1. The summed E-state index contributed by atoms with van der Waals surface area (Å²) in [5.74, 6) is 0.671. The zero-order valence-corrected chi connectivity index (χ0v) is 16.2. The van der Waals surface area contributed by atoms with Gasteiger partial charge in [-0.2, -0.15) is 0 Å². The van der Waals surface area contributed by atoms with Gasteiger partial charge in [-0.3, -0.25) is 20.2 Å². The number of nitro benzene ring substituents is 1. The average molecular weight is 399 g/mol. The van der Waals surface area contributed by atoms with Crippen LogP contribution in [0.1, 0.15) is 15.2 Å². The number of thiazole rings is 1. The monoisotopic (exact) mass is 399 g/mol. The lowest BCUT2D eigenvalue weighted by molar-refractivity contribution is -0.385. The first-order chi connectivity index (χ1) is 13.4. The van der Waals surface area contributed by atoms with Crippen LogP contribution in [0, 0.1) is 17.0 Å². The Morgan fingerprint density at radius 2 is 1.93 bits per heavy atom. The van der Waals surface area contributed by atoms with Crippen molar-refractivity contribution in [1.29, 1.82) is 0 Å². The van der Waals surface area contributed by atoms with E-state index in [-0.39, 0.29) is 11.3 Å². The zero-order chi connectivity index (χ0) is 20.3. The van der Waals surface area contributed by atoms with E-state index in [0.29, 0.717) is 22.3 Å². The second-order valence-corrected chi connectivity index (χ2v) is 6.92. The molecule has 0 saturated carbocycles. The van der Waals surface area contributed by atoms with Gasteiger partial charge in [0, 0.05) is 16.5 Å². The minimum absolute atomic E-state index is 0.0270. The Balaban J connectivity index is 1.94. The number of methoxy groups -OCH3 is 2. The van der Waals surface area contributed by atoms with E-state index in [9.17, 15) is 14.9 Å². The fourth-order valence-electron chi connectivity index (χ4n) is 2.69. The number of ether oxygens (including phenoxy) is 2. The molecule has 1 N–H and O–H groups in total. The molecule has 8 nitrogen and oxygen atoms in total. The molecule has 144 valence electrons. The molecule has 28 heavy (non-hydrogen) atoms. The molecule has 0 aliphatic rings. The van der Waals surface area contributed by atoms with Crippen LogP contribution in [0.15, 0.2) is 42.5 Å². The molecule has 0 bridgehead atoms. The maximum atomic E-state index is 12.5. The molecule has 0 unspecified atom stereocenters. The van der Waals surface area contributed by atoms with Gasteiger partial charge in [0.15, 0.2) is 5.13 Å². The number of hydrogen-bond donors (Lipinski definition) is 1. The van der Waals surface area contributed by atoms with Gasteiger partial charge in [0.25, 0.3) is 11.6 Å². The summed E-state index contributed by atoms with van der Waals surface area (Å²) in [6.07, 6.45) is 0. The van der Waals surface area contributed by atoms with E-state index in [1.807, 2.05) is 6.92 Å². The maximum absolute atomic E-state index is 12.5. The number of nitro groups is 1. The molecule has 9 heteroatoms. The Morgan fingerprint density at radius 3 is 2.61 bits per heavy atom. The van der Waals surface area contributed by atoms with E-state index in [2.05, 4.69) is 10.3 Å². The van der Waals surface area contributed by atoms with Crippen molar-refractivity contribution in [3.63, 3.8) is 0 Å². The van der Waals surface area contributed by atoms with Crippen LogP contribution >= 0.6 is 11.3 Å². The van der Waals surface area contributed by atoms with Crippen molar-refractivity contribution in [2.45, 2.75) is 6.92 Å². The van der Waals surface area contributed by atoms with Gasteiger partial charge in [-0.1, -0.05) is 12.1 Å². The fraction of sp³-hybridized carbons (Fsp3) is 0.158. The molecule has 0 aliphatic carbocycles. The van der Waals surface area contributed by atoms with Crippen LogP contribution in [0.2, 0.25) is 0 Å².